The van der Waals surface area contributed by atoms with Crippen molar-refractivity contribution in [3.8, 4) is 0 Å². The van der Waals surface area contributed by atoms with Crippen LogP contribution in [0.25, 0.3) is 0 Å². The molecule has 3 aromatic carbocycles. The highest BCUT2D eigenvalue weighted by Gasteiger charge is 2.36. The van der Waals surface area contributed by atoms with Gasteiger partial charge < -0.3 is 10.2 Å². The van der Waals surface area contributed by atoms with E-state index < -0.39 is 28.7 Å². The minimum atomic E-state index is -4.07. The molecule has 1 saturated carbocycles. The predicted molar refractivity (Wildman–Crippen MR) is 172 cm³/mol. The molecule has 0 aromatic heterocycles. The van der Waals surface area contributed by atoms with Crippen molar-refractivity contribution in [3.63, 3.8) is 0 Å². The first-order chi connectivity index (χ1) is 20.6. The molecule has 11 heteroatoms. The van der Waals surface area contributed by atoms with Crippen LogP contribution < -0.4 is 9.62 Å². The van der Waals surface area contributed by atoms with Crippen molar-refractivity contribution in [1.29, 1.82) is 0 Å². The van der Waals surface area contributed by atoms with E-state index in [4.69, 9.17) is 23.2 Å². The van der Waals surface area contributed by atoms with Gasteiger partial charge in [-0.2, -0.15) is 12.7 Å². The second-order valence-corrected chi connectivity index (χ2v) is 13.8. The topological polar surface area (TPSA) is 90.0 Å². The van der Waals surface area contributed by atoms with Crippen molar-refractivity contribution in [2.75, 3.05) is 24.9 Å². The maximum atomic E-state index is 14.4. The summed E-state index contributed by atoms with van der Waals surface area (Å²) in [6, 6.07) is 22.0. The number of rotatable bonds is 12. The summed E-state index contributed by atoms with van der Waals surface area (Å²) in [5.41, 5.74) is 1.66. The lowest BCUT2D eigenvalue weighted by Gasteiger charge is -2.35. The minimum absolute atomic E-state index is 0.00955. The molecule has 1 N–H and O–H groups in total. The lowest BCUT2D eigenvalue weighted by Crippen LogP contribution is -2.55. The molecule has 0 aliphatic heterocycles. The Balaban J connectivity index is 1.77. The van der Waals surface area contributed by atoms with Crippen LogP contribution in [0.15, 0.2) is 78.9 Å². The number of para-hydroxylation sites is 1. The van der Waals surface area contributed by atoms with Crippen LogP contribution in [0.5, 0.6) is 0 Å². The first kappa shape index (κ1) is 32.8. The van der Waals surface area contributed by atoms with Crippen molar-refractivity contribution >= 4 is 50.9 Å². The Morgan fingerprint density at radius 3 is 2.02 bits per heavy atom. The normalized spacial score (nSPS) is 14.7. The second-order valence-electron chi connectivity index (χ2n) is 10.9. The highest BCUT2D eigenvalue weighted by atomic mass is 35.5. The molecule has 1 unspecified atom stereocenters. The van der Waals surface area contributed by atoms with E-state index in [1.165, 1.54) is 19.0 Å². The summed E-state index contributed by atoms with van der Waals surface area (Å²) in [7, 11) is -1.25. The molecule has 0 saturated heterocycles. The molecule has 43 heavy (non-hydrogen) atoms. The van der Waals surface area contributed by atoms with Gasteiger partial charge in [-0.1, -0.05) is 97.1 Å². The van der Waals surface area contributed by atoms with Gasteiger partial charge in [0, 0.05) is 48.7 Å². The van der Waals surface area contributed by atoms with Gasteiger partial charge in [-0.25, -0.2) is 4.31 Å². The number of benzene rings is 3. The van der Waals surface area contributed by atoms with Gasteiger partial charge >= 0.3 is 10.2 Å². The average Bonchev–Trinajstić information content (AvgIpc) is 3.00. The van der Waals surface area contributed by atoms with E-state index in [0.717, 1.165) is 46.3 Å². The lowest BCUT2D eigenvalue weighted by molar-refractivity contribution is -0.140. The summed E-state index contributed by atoms with van der Waals surface area (Å²) in [6.45, 7) is -0.619. The standard InChI is InChI=1S/C32H38Cl2N4O4S/c1-36(2)43(41,42)38(26-17-10-5-11-18-26)23-31(39)37(22-27-28(33)19-12-20-29(27)34)30(21-24-13-6-3-7-14-24)32(40)35-25-15-8-4-9-16-25/h3,5-7,10-14,17-20,25,30H,4,8-9,15-16,21-23H2,1-2H3,(H,35,40). The summed E-state index contributed by atoms with van der Waals surface area (Å²) >= 11 is 13.1. The van der Waals surface area contributed by atoms with Crippen molar-refractivity contribution in [2.45, 2.75) is 57.2 Å². The van der Waals surface area contributed by atoms with Crippen LogP contribution in [0.2, 0.25) is 10.0 Å². The fraction of sp³-hybridized carbons (Fsp3) is 0.375. The van der Waals surface area contributed by atoms with E-state index in [-0.39, 0.29) is 24.9 Å². The predicted octanol–water partition coefficient (Wildman–Crippen LogP) is 5.70. The maximum Gasteiger partial charge on any atom is 0.304 e. The first-order valence-electron chi connectivity index (χ1n) is 14.4. The van der Waals surface area contributed by atoms with Gasteiger partial charge in [0.1, 0.15) is 12.6 Å². The number of carbonyl (C=O) groups excluding carboxylic acids is 2. The zero-order valence-corrected chi connectivity index (χ0v) is 26.8. The van der Waals surface area contributed by atoms with Gasteiger partial charge in [-0.05, 0) is 42.7 Å². The fourth-order valence-electron chi connectivity index (χ4n) is 5.26. The maximum absolute atomic E-state index is 14.4. The quantitative estimate of drug-likeness (QED) is 0.274. The van der Waals surface area contributed by atoms with E-state index in [1.54, 1.807) is 48.5 Å². The molecule has 3 aromatic rings. The molecule has 8 nitrogen and oxygen atoms in total. The number of anilines is 1. The smallest absolute Gasteiger partial charge is 0.304 e. The summed E-state index contributed by atoms with van der Waals surface area (Å²) in [5, 5.41) is 3.87. The Morgan fingerprint density at radius 2 is 1.44 bits per heavy atom. The molecule has 0 bridgehead atoms. The van der Waals surface area contributed by atoms with E-state index >= 15 is 0 Å². The van der Waals surface area contributed by atoms with Crippen molar-refractivity contribution in [3.05, 3.63) is 100 Å². The fourth-order valence-corrected chi connectivity index (χ4v) is 6.84. The zero-order chi connectivity index (χ0) is 31.0. The Bertz CT molecular complexity index is 1460. The molecule has 4 rings (SSSR count). The average molecular weight is 646 g/mol. The SMILES string of the molecule is CN(C)S(=O)(=O)N(CC(=O)N(Cc1c(Cl)cccc1Cl)C(Cc1ccccc1)C(=O)NC1CCCCC1)c1ccccc1. The van der Waals surface area contributed by atoms with Crippen LogP contribution in [0, 0.1) is 0 Å². The third-order valence-corrected chi connectivity index (χ3v) is 10.2. The molecule has 1 aliphatic carbocycles. The van der Waals surface area contributed by atoms with Crippen LogP contribution in [0.1, 0.15) is 43.2 Å². The van der Waals surface area contributed by atoms with E-state index in [9.17, 15) is 18.0 Å². The number of nitrogens with zero attached hydrogens (tertiary/aromatic N) is 3. The number of halogens is 2. The van der Waals surface area contributed by atoms with Gasteiger partial charge in [-0.3, -0.25) is 9.59 Å². The number of nitrogens with one attached hydrogen (secondary N) is 1. The van der Waals surface area contributed by atoms with Gasteiger partial charge in [0.15, 0.2) is 0 Å². The zero-order valence-electron chi connectivity index (χ0n) is 24.5. The highest BCUT2D eigenvalue weighted by molar-refractivity contribution is 7.90. The molecule has 1 fully saturated rings. The van der Waals surface area contributed by atoms with Crippen molar-refractivity contribution in [1.82, 2.24) is 14.5 Å². The second kappa shape index (κ2) is 15.1. The largest absolute Gasteiger partial charge is 0.352 e. The number of amides is 2. The molecular weight excluding hydrogens is 607 g/mol. The lowest BCUT2D eigenvalue weighted by atomic mass is 9.94. The summed E-state index contributed by atoms with van der Waals surface area (Å²) in [5.74, 6) is -0.862. The molecule has 0 spiro atoms. The van der Waals surface area contributed by atoms with Crippen LogP contribution in [0.3, 0.4) is 0 Å². The summed E-state index contributed by atoms with van der Waals surface area (Å²) in [4.78, 5) is 29.9. The van der Waals surface area contributed by atoms with Gasteiger partial charge in [-0.15, -0.1) is 0 Å². The van der Waals surface area contributed by atoms with E-state index in [2.05, 4.69) is 5.32 Å². The van der Waals surface area contributed by atoms with E-state index in [1.807, 2.05) is 30.3 Å². The van der Waals surface area contributed by atoms with Gasteiger partial charge in [0.2, 0.25) is 11.8 Å². The number of hydrogen-bond donors (Lipinski definition) is 1. The van der Waals surface area contributed by atoms with E-state index in [0.29, 0.717) is 21.3 Å². The minimum Gasteiger partial charge on any atom is -0.352 e. The van der Waals surface area contributed by atoms with Crippen molar-refractivity contribution in [2.24, 2.45) is 0 Å². The third kappa shape index (κ3) is 8.50. The van der Waals surface area contributed by atoms with Crippen LogP contribution in [-0.4, -0.2) is 62.2 Å². The molecule has 1 aliphatic rings. The number of carbonyl (C=O) groups is 2. The molecule has 0 heterocycles. The Hall–Kier alpha value is -3.11. The Morgan fingerprint density at radius 1 is 0.860 bits per heavy atom. The van der Waals surface area contributed by atoms with Gasteiger partial charge in [0.05, 0.1) is 5.69 Å². The molecule has 0 radical (unpaired) electrons. The molecule has 1 atom stereocenters. The van der Waals surface area contributed by atoms with Crippen LogP contribution >= 0.6 is 23.2 Å². The molecule has 2 amide bonds. The highest BCUT2D eigenvalue weighted by Crippen LogP contribution is 2.28. The van der Waals surface area contributed by atoms with Gasteiger partial charge in [0.25, 0.3) is 0 Å². The summed E-state index contributed by atoms with van der Waals surface area (Å²) < 4.78 is 29.1. The Kier molecular flexibility index (Phi) is 11.5. The van der Waals surface area contributed by atoms with Crippen LogP contribution in [-0.2, 0) is 32.8 Å². The third-order valence-electron chi connectivity index (χ3n) is 7.68. The number of hydrogen-bond acceptors (Lipinski definition) is 4. The van der Waals surface area contributed by atoms with Crippen molar-refractivity contribution < 1.29 is 18.0 Å². The Labute approximate surface area is 264 Å². The monoisotopic (exact) mass is 644 g/mol. The molecule has 230 valence electrons. The van der Waals surface area contributed by atoms with Crippen LogP contribution in [0.4, 0.5) is 5.69 Å². The molecular formula is C32H38Cl2N4O4S. The summed E-state index contributed by atoms with van der Waals surface area (Å²) in [6.07, 6.45) is 5.15. The first-order valence-corrected chi connectivity index (χ1v) is 16.5.